The lowest BCUT2D eigenvalue weighted by atomic mass is 10.3. The van der Waals surface area contributed by atoms with E-state index in [-0.39, 0.29) is 0 Å². The van der Waals surface area contributed by atoms with Crippen LogP contribution in [0.5, 0.6) is 0 Å². The zero-order valence-electron chi connectivity index (χ0n) is 10.4. The number of sulfonamides is 1. The molecule has 1 aromatic carbocycles. The highest BCUT2D eigenvalue weighted by atomic mass is 32.2. The highest BCUT2D eigenvalue weighted by Gasteiger charge is 2.14. The summed E-state index contributed by atoms with van der Waals surface area (Å²) in [7, 11) is -3.37. The van der Waals surface area contributed by atoms with E-state index in [9.17, 15) is 8.42 Å². The third kappa shape index (κ3) is 2.90. The molecule has 2 heterocycles. The van der Waals surface area contributed by atoms with Gasteiger partial charge in [-0.15, -0.1) is 22.7 Å². The van der Waals surface area contributed by atoms with Gasteiger partial charge in [0.1, 0.15) is 4.21 Å². The molecule has 0 fully saturated rings. The summed E-state index contributed by atoms with van der Waals surface area (Å²) in [4.78, 5) is 4.48. The fourth-order valence-electron chi connectivity index (χ4n) is 1.81. The lowest BCUT2D eigenvalue weighted by Gasteiger charge is -2.02. The molecule has 0 radical (unpaired) electrons. The molecule has 0 aliphatic heterocycles. The monoisotopic (exact) mass is 324 g/mol. The summed E-state index contributed by atoms with van der Waals surface area (Å²) < 4.78 is 28.0. The van der Waals surface area contributed by atoms with Gasteiger partial charge in [0.25, 0.3) is 0 Å². The van der Waals surface area contributed by atoms with E-state index in [4.69, 9.17) is 0 Å². The van der Waals surface area contributed by atoms with Gasteiger partial charge in [0, 0.05) is 13.0 Å². The van der Waals surface area contributed by atoms with Gasteiger partial charge < -0.3 is 0 Å². The van der Waals surface area contributed by atoms with E-state index in [0.29, 0.717) is 17.2 Å². The summed E-state index contributed by atoms with van der Waals surface area (Å²) in [5, 5.41) is 2.70. The molecule has 7 heteroatoms. The molecule has 20 heavy (non-hydrogen) atoms. The summed E-state index contributed by atoms with van der Waals surface area (Å²) in [5.74, 6) is 0. The van der Waals surface area contributed by atoms with Gasteiger partial charge in [-0.25, -0.2) is 18.1 Å². The van der Waals surface area contributed by atoms with Gasteiger partial charge >= 0.3 is 0 Å². The van der Waals surface area contributed by atoms with Crippen LogP contribution >= 0.6 is 22.7 Å². The van der Waals surface area contributed by atoms with Gasteiger partial charge in [0.05, 0.1) is 15.2 Å². The lowest BCUT2D eigenvalue weighted by Crippen LogP contribution is -2.25. The van der Waals surface area contributed by atoms with Gasteiger partial charge in [0.2, 0.25) is 10.0 Å². The molecule has 0 spiro atoms. The molecule has 1 N–H and O–H groups in total. The number of thiophene rings is 1. The molecule has 0 amide bonds. The van der Waals surface area contributed by atoms with E-state index in [0.717, 1.165) is 15.2 Å². The van der Waals surface area contributed by atoms with Crippen LogP contribution in [0.4, 0.5) is 0 Å². The van der Waals surface area contributed by atoms with E-state index in [2.05, 4.69) is 9.71 Å². The summed E-state index contributed by atoms with van der Waals surface area (Å²) in [6.07, 6.45) is 0.601. The zero-order chi connectivity index (χ0) is 14.0. The maximum absolute atomic E-state index is 11.9. The molecule has 0 saturated heterocycles. The molecule has 3 rings (SSSR count). The molecule has 0 unspecified atom stereocenters. The van der Waals surface area contributed by atoms with E-state index >= 15 is 0 Å². The van der Waals surface area contributed by atoms with Crippen LogP contribution in [0.3, 0.4) is 0 Å². The number of para-hydroxylation sites is 1. The molecular weight excluding hydrogens is 312 g/mol. The molecule has 4 nitrogen and oxygen atoms in total. The molecule has 0 aliphatic carbocycles. The van der Waals surface area contributed by atoms with Crippen LogP contribution in [0.15, 0.2) is 46.0 Å². The van der Waals surface area contributed by atoms with Crippen LogP contribution in [-0.4, -0.2) is 19.9 Å². The Morgan fingerprint density at radius 3 is 2.75 bits per heavy atom. The first kappa shape index (κ1) is 13.7. The number of hydrogen-bond acceptors (Lipinski definition) is 5. The van der Waals surface area contributed by atoms with Crippen LogP contribution in [0.2, 0.25) is 0 Å². The van der Waals surface area contributed by atoms with Crippen molar-refractivity contribution < 1.29 is 8.42 Å². The number of fused-ring (bicyclic) bond motifs is 1. The van der Waals surface area contributed by atoms with E-state index in [1.54, 1.807) is 28.8 Å². The standard InChI is InChI=1S/C13H12N2O2S3/c16-20(17,13-6-3-9-18-13)14-8-7-12-15-10-4-1-2-5-11(10)19-12/h1-6,9,14H,7-8H2. The first-order valence-corrected chi connectivity index (χ1v) is 9.21. The summed E-state index contributed by atoms with van der Waals surface area (Å²) in [6.45, 7) is 0.361. The van der Waals surface area contributed by atoms with Crippen molar-refractivity contribution in [3.63, 3.8) is 0 Å². The minimum atomic E-state index is -3.37. The minimum Gasteiger partial charge on any atom is -0.241 e. The maximum Gasteiger partial charge on any atom is 0.250 e. The third-order valence-corrected chi connectivity index (χ3v) is 6.68. The highest BCUT2D eigenvalue weighted by molar-refractivity contribution is 7.91. The third-order valence-electron chi connectivity index (χ3n) is 2.73. The van der Waals surface area contributed by atoms with Crippen molar-refractivity contribution in [1.29, 1.82) is 0 Å². The van der Waals surface area contributed by atoms with Crippen molar-refractivity contribution in [1.82, 2.24) is 9.71 Å². The molecule has 0 aliphatic rings. The van der Waals surface area contributed by atoms with Crippen LogP contribution in [0.1, 0.15) is 5.01 Å². The normalized spacial score (nSPS) is 12.0. The van der Waals surface area contributed by atoms with Crippen molar-refractivity contribution >= 4 is 42.9 Å². The number of rotatable bonds is 5. The summed E-state index contributed by atoms with van der Waals surface area (Å²) in [5.41, 5.74) is 0.966. The van der Waals surface area contributed by atoms with Crippen molar-refractivity contribution in [2.45, 2.75) is 10.6 Å². The Balaban J connectivity index is 1.65. The second-order valence-corrected chi connectivity index (χ2v) is 8.21. The fourth-order valence-corrected chi connectivity index (χ4v) is 4.84. The van der Waals surface area contributed by atoms with Crippen LogP contribution in [0.25, 0.3) is 10.2 Å². The van der Waals surface area contributed by atoms with Crippen molar-refractivity contribution in [2.75, 3.05) is 6.54 Å². The highest BCUT2D eigenvalue weighted by Crippen LogP contribution is 2.22. The number of aromatic nitrogens is 1. The number of hydrogen-bond donors (Lipinski definition) is 1. The van der Waals surface area contributed by atoms with E-state index in [1.807, 2.05) is 24.3 Å². The number of thiazole rings is 1. The topological polar surface area (TPSA) is 59.1 Å². The van der Waals surface area contributed by atoms with Gasteiger partial charge in [-0.05, 0) is 23.6 Å². The summed E-state index contributed by atoms with van der Waals surface area (Å²) >= 11 is 2.82. The molecule has 2 aromatic heterocycles. The minimum absolute atomic E-state index is 0.349. The second-order valence-electron chi connectivity index (χ2n) is 4.16. The quantitative estimate of drug-likeness (QED) is 0.785. The lowest BCUT2D eigenvalue weighted by molar-refractivity contribution is 0.583. The van der Waals surface area contributed by atoms with Gasteiger partial charge in [-0.3, -0.25) is 0 Å². The van der Waals surface area contributed by atoms with E-state index in [1.165, 1.54) is 11.3 Å². The second kappa shape index (κ2) is 5.61. The average molecular weight is 324 g/mol. The van der Waals surface area contributed by atoms with Gasteiger partial charge in [0.15, 0.2) is 0 Å². The number of nitrogens with one attached hydrogen (secondary N) is 1. The zero-order valence-corrected chi connectivity index (χ0v) is 12.9. The first-order chi connectivity index (χ1) is 9.65. The smallest absolute Gasteiger partial charge is 0.241 e. The first-order valence-electron chi connectivity index (χ1n) is 6.03. The molecule has 104 valence electrons. The van der Waals surface area contributed by atoms with E-state index < -0.39 is 10.0 Å². The van der Waals surface area contributed by atoms with Crippen LogP contribution < -0.4 is 4.72 Å². The van der Waals surface area contributed by atoms with Crippen LogP contribution in [-0.2, 0) is 16.4 Å². The maximum atomic E-state index is 11.9. The Morgan fingerprint density at radius 2 is 2.00 bits per heavy atom. The Labute approximate surface area is 125 Å². The predicted molar refractivity (Wildman–Crippen MR) is 82.8 cm³/mol. The van der Waals surface area contributed by atoms with Gasteiger partial charge in [-0.1, -0.05) is 18.2 Å². The van der Waals surface area contributed by atoms with Gasteiger partial charge in [-0.2, -0.15) is 0 Å². The number of benzene rings is 1. The SMILES string of the molecule is O=S(=O)(NCCc1nc2ccccc2s1)c1cccs1. The van der Waals surface area contributed by atoms with Crippen molar-refractivity contribution in [3.8, 4) is 0 Å². The fraction of sp³-hybridized carbons (Fsp3) is 0.154. The largest absolute Gasteiger partial charge is 0.250 e. The Kier molecular flexibility index (Phi) is 3.84. The Bertz CT molecular complexity index is 774. The number of nitrogens with zero attached hydrogens (tertiary/aromatic N) is 1. The Morgan fingerprint density at radius 1 is 1.15 bits per heavy atom. The predicted octanol–water partition coefficient (Wildman–Crippen LogP) is 2.88. The van der Waals surface area contributed by atoms with Crippen LogP contribution in [0, 0.1) is 0 Å². The molecular formula is C13H12N2O2S3. The molecule has 0 bridgehead atoms. The Hall–Kier alpha value is -1.28. The molecule has 0 atom stereocenters. The summed E-state index contributed by atoms with van der Waals surface area (Å²) in [6, 6.07) is 11.2. The molecule has 3 aromatic rings. The average Bonchev–Trinajstić information content (AvgIpc) is 3.07. The van der Waals surface area contributed by atoms with Crippen molar-refractivity contribution in [2.24, 2.45) is 0 Å². The van der Waals surface area contributed by atoms with Crippen molar-refractivity contribution in [3.05, 3.63) is 46.8 Å². The molecule has 0 saturated carbocycles.